The van der Waals surface area contributed by atoms with Gasteiger partial charge in [-0.25, -0.2) is 4.79 Å². The van der Waals surface area contributed by atoms with E-state index in [-0.39, 0.29) is 30.9 Å². The van der Waals surface area contributed by atoms with Crippen LogP contribution in [0.4, 0.5) is 0 Å². The van der Waals surface area contributed by atoms with Crippen molar-refractivity contribution in [3.8, 4) is 5.75 Å². The van der Waals surface area contributed by atoms with E-state index in [1.807, 2.05) is 13.8 Å². The first-order valence-electron chi connectivity index (χ1n) is 22.5. The number of rotatable bonds is 18. The number of aliphatic hydroxyl groups is 1. The first-order chi connectivity index (χ1) is 29.8. The van der Waals surface area contributed by atoms with Crippen molar-refractivity contribution in [3.63, 3.8) is 0 Å². The minimum absolute atomic E-state index is 0.0390. The van der Waals surface area contributed by atoms with E-state index in [0.717, 1.165) is 38.5 Å². The lowest BCUT2D eigenvalue weighted by molar-refractivity contribution is -0.159. The molecule has 1 aromatic carbocycles. The zero-order valence-electron chi connectivity index (χ0n) is 38.1. The molecule has 0 spiro atoms. The molecule has 0 aliphatic carbocycles. The van der Waals surface area contributed by atoms with Gasteiger partial charge in [0.2, 0.25) is 41.4 Å². The highest BCUT2D eigenvalue weighted by Crippen LogP contribution is 2.23. The molecule has 1 aliphatic rings. The number of ether oxygens (including phenoxy) is 1. The van der Waals surface area contributed by atoms with Gasteiger partial charge in [0.05, 0.1) is 12.5 Å². The fraction of sp³-hybridized carbons (Fsp3) is 0.689. The van der Waals surface area contributed by atoms with Crippen LogP contribution in [0.15, 0.2) is 24.3 Å². The number of phenolic OH excluding ortho intramolecular Hbond substituents is 1. The van der Waals surface area contributed by atoms with E-state index in [4.69, 9.17) is 10.5 Å². The topological polar surface area (TPSA) is 284 Å². The van der Waals surface area contributed by atoms with E-state index in [1.54, 1.807) is 19.1 Å². The predicted molar refractivity (Wildman–Crippen MR) is 235 cm³/mol. The molecule has 1 aromatic rings. The van der Waals surface area contributed by atoms with Crippen LogP contribution >= 0.6 is 0 Å². The van der Waals surface area contributed by atoms with Crippen LogP contribution in [0.1, 0.15) is 138 Å². The number of nitrogens with two attached hydrogens (primary N) is 1. The first-order valence-corrected chi connectivity index (χ1v) is 22.5. The summed E-state index contributed by atoms with van der Waals surface area (Å²) >= 11 is 0. The number of carbonyl (C=O) groups is 8. The average molecular weight is 888 g/mol. The Hall–Kier alpha value is -5.26. The second kappa shape index (κ2) is 27.7. The quantitative estimate of drug-likeness (QED) is 0.0760. The highest BCUT2D eigenvalue weighted by Gasteiger charge is 2.37. The van der Waals surface area contributed by atoms with E-state index in [1.165, 1.54) is 45.7 Å². The average Bonchev–Trinajstić information content (AvgIpc) is 3.23. The number of hydrogen-bond donors (Lipinski definition) is 9. The Bertz CT molecular complexity index is 1670. The summed E-state index contributed by atoms with van der Waals surface area (Å²) in [5, 5.41) is 35.8. The number of aliphatic hydroxyl groups excluding tert-OH is 1. The SMILES string of the molecule is CCCCCCCCCCC(C)C1CC(=O)NC(C(C)O)C(=O)NC(C)C(=O)NC(C)C(=O)NC(CCC(N)=O)C(=O)NC(Cc2ccc(O)cc2)C(=O)NC(C(C)CC)C(=O)O1. The molecule has 1 aliphatic heterocycles. The molecule has 0 bridgehead atoms. The van der Waals surface area contributed by atoms with E-state index in [0.29, 0.717) is 18.4 Å². The summed E-state index contributed by atoms with van der Waals surface area (Å²) in [4.78, 5) is 108. The Morgan fingerprint density at radius 1 is 0.698 bits per heavy atom. The summed E-state index contributed by atoms with van der Waals surface area (Å²) in [6.45, 7) is 11.5. The molecule has 1 saturated heterocycles. The van der Waals surface area contributed by atoms with Gasteiger partial charge in [0.25, 0.3) is 0 Å². The second-order valence-corrected chi connectivity index (χ2v) is 17.0. The number of hydrogen-bond acceptors (Lipinski definition) is 11. The van der Waals surface area contributed by atoms with Gasteiger partial charge in [-0.2, -0.15) is 0 Å². The zero-order valence-corrected chi connectivity index (χ0v) is 38.1. The van der Waals surface area contributed by atoms with Gasteiger partial charge in [0.1, 0.15) is 48.1 Å². The predicted octanol–water partition coefficient (Wildman–Crippen LogP) is 2.06. The standard InChI is InChI=1S/C45H73N7O11/c1-8-10-11-12-13-14-15-16-17-27(4)35-25-37(56)51-39(30(7)53)44(61)48-28(5)40(57)47-29(6)41(58)49-33(22-23-36(46)55)42(59)50-34(24-31-18-20-32(54)21-19-31)43(60)52-38(26(3)9-2)45(62)63-35/h18-21,26-30,33-35,38-39,53-54H,8-17,22-25H2,1-7H3,(H2,46,55)(H,47,57)(H,48,61)(H,49,58)(H,50,59)(H,51,56)(H,52,60). The molecule has 7 amide bonds. The van der Waals surface area contributed by atoms with E-state index >= 15 is 0 Å². The third-order valence-corrected chi connectivity index (χ3v) is 11.5. The molecule has 0 radical (unpaired) electrons. The van der Waals surface area contributed by atoms with Crippen LogP contribution in [0, 0.1) is 11.8 Å². The normalized spacial score (nSPS) is 25.3. The lowest BCUT2D eigenvalue weighted by atomic mass is 9.93. The van der Waals surface area contributed by atoms with Gasteiger partial charge in [-0.3, -0.25) is 33.6 Å². The monoisotopic (exact) mass is 888 g/mol. The Morgan fingerprint density at radius 3 is 1.81 bits per heavy atom. The number of unbranched alkanes of at least 4 members (excludes halogenated alkanes) is 7. The number of aromatic hydroxyl groups is 1. The van der Waals surface area contributed by atoms with Crippen molar-refractivity contribution in [3.05, 3.63) is 29.8 Å². The van der Waals surface area contributed by atoms with Crippen molar-refractivity contribution < 1.29 is 53.3 Å². The summed E-state index contributed by atoms with van der Waals surface area (Å²) in [5.41, 5.74) is 5.90. The van der Waals surface area contributed by atoms with Crippen molar-refractivity contribution in [1.29, 1.82) is 0 Å². The molecule has 0 aromatic heterocycles. The largest absolute Gasteiger partial charge is 0.508 e. The molecule has 18 nitrogen and oxygen atoms in total. The lowest BCUT2D eigenvalue weighted by Crippen LogP contribution is -2.60. The van der Waals surface area contributed by atoms with Gasteiger partial charge in [0, 0.05) is 12.8 Å². The van der Waals surface area contributed by atoms with Crippen molar-refractivity contribution in [1.82, 2.24) is 31.9 Å². The molecule has 1 fully saturated rings. The Labute approximate surface area is 371 Å². The number of amides is 7. The smallest absolute Gasteiger partial charge is 0.329 e. The number of carbonyl (C=O) groups excluding carboxylic acids is 8. The summed E-state index contributed by atoms with van der Waals surface area (Å²) in [6, 6.07) is -2.24. The molecule has 10 N–H and O–H groups in total. The number of benzene rings is 1. The molecule has 0 saturated carbocycles. The minimum Gasteiger partial charge on any atom is -0.508 e. The Morgan fingerprint density at radius 2 is 1.24 bits per heavy atom. The van der Waals surface area contributed by atoms with Crippen molar-refractivity contribution in [2.45, 2.75) is 187 Å². The third kappa shape index (κ3) is 19.3. The zero-order chi connectivity index (χ0) is 47.2. The summed E-state index contributed by atoms with van der Waals surface area (Å²) in [7, 11) is 0. The van der Waals surface area contributed by atoms with Crippen molar-refractivity contribution in [2.24, 2.45) is 17.6 Å². The maximum atomic E-state index is 14.3. The summed E-state index contributed by atoms with van der Waals surface area (Å²) in [6.07, 6.45) is 5.99. The molecule has 354 valence electrons. The van der Waals surface area contributed by atoms with Crippen LogP contribution in [0.3, 0.4) is 0 Å². The van der Waals surface area contributed by atoms with Crippen LogP contribution in [-0.2, 0) is 49.5 Å². The molecule has 63 heavy (non-hydrogen) atoms. The molecule has 18 heteroatoms. The highest BCUT2D eigenvalue weighted by molar-refractivity contribution is 5.97. The van der Waals surface area contributed by atoms with Gasteiger partial charge in [-0.15, -0.1) is 0 Å². The number of esters is 1. The lowest BCUT2D eigenvalue weighted by Gasteiger charge is -2.31. The van der Waals surface area contributed by atoms with Gasteiger partial charge in [0.15, 0.2) is 0 Å². The Balaban J connectivity index is 2.61. The van der Waals surface area contributed by atoms with Crippen LogP contribution in [0.2, 0.25) is 0 Å². The number of nitrogens with one attached hydrogen (secondary N) is 6. The molecular weight excluding hydrogens is 815 g/mol. The number of primary amides is 1. The van der Waals surface area contributed by atoms with Crippen molar-refractivity contribution in [2.75, 3.05) is 0 Å². The second-order valence-electron chi connectivity index (χ2n) is 17.0. The molecule has 1 heterocycles. The fourth-order valence-electron chi connectivity index (χ4n) is 7.09. The van der Waals surface area contributed by atoms with Crippen LogP contribution < -0.4 is 37.6 Å². The van der Waals surface area contributed by atoms with E-state index in [2.05, 4.69) is 38.8 Å². The maximum absolute atomic E-state index is 14.3. The molecular formula is C45H73N7O11. The van der Waals surface area contributed by atoms with Crippen LogP contribution in [0.25, 0.3) is 0 Å². The minimum atomic E-state index is -1.52. The van der Waals surface area contributed by atoms with Gasteiger partial charge in [-0.1, -0.05) is 97.6 Å². The number of cyclic esters (lactones) is 1. The molecule has 10 unspecified atom stereocenters. The van der Waals surface area contributed by atoms with Gasteiger partial charge >= 0.3 is 5.97 Å². The summed E-state index contributed by atoms with van der Waals surface area (Å²) < 4.78 is 6.10. The van der Waals surface area contributed by atoms with E-state index in [9.17, 15) is 48.6 Å². The number of phenols is 1. The molecule has 2 rings (SSSR count). The fourth-order valence-corrected chi connectivity index (χ4v) is 7.09. The van der Waals surface area contributed by atoms with E-state index < -0.39 is 108 Å². The Kier molecular flexibility index (Phi) is 23.7. The van der Waals surface area contributed by atoms with Crippen LogP contribution in [-0.4, -0.2) is 106 Å². The summed E-state index contributed by atoms with van der Waals surface area (Å²) in [5.74, 6) is -7.44. The highest BCUT2D eigenvalue weighted by atomic mass is 16.5. The van der Waals surface area contributed by atoms with Crippen molar-refractivity contribution >= 4 is 47.3 Å². The van der Waals surface area contributed by atoms with Gasteiger partial charge in [-0.05, 0) is 63.1 Å². The van der Waals surface area contributed by atoms with Gasteiger partial charge < -0.3 is 52.6 Å². The van der Waals surface area contributed by atoms with Crippen LogP contribution in [0.5, 0.6) is 5.75 Å². The third-order valence-electron chi connectivity index (χ3n) is 11.5. The first kappa shape index (κ1) is 53.9. The maximum Gasteiger partial charge on any atom is 0.329 e. The molecule has 10 atom stereocenters.